The number of amides is 1. The minimum absolute atomic E-state index is 0.0247. The molecule has 0 unspecified atom stereocenters. The number of anilines is 1. The number of aromatic nitrogens is 4. The topological polar surface area (TPSA) is 87.4 Å². The Kier molecular flexibility index (Phi) is 3.49. The van der Waals surface area contributed by atoms with Crippen LogP contribution < -0.4 is 4.90 Å². The molecule has 0 spiro atoms. The highest BCUT2D eigenvalue weighted by atomic mass is 16.3. The van der Waals surface area contributed by atoms with Crippen LogP contribution in [-0.4, -0.2) is 68.2 Å². The lowest BCUT2D eigenvalue weighted by atomic mass is 9.82. The maximum atomic E-state index is 12.7. The first-order chi connectivity index (χ1) is 11.6. The van der Waals surface area contributed by atoms with Crippen molar-refractivity contribution in [3.63, 3.8) is 0 Å². The van der Waals surface area contributed by atoms with Crippen LogP contribution in [0.25, 0.3) is 0 Å². The summed E-state index contributed by atoms with van der Waals surface area (Å²) in [6, 6.07) is 0. The van der Waals surface area contributed by atoms with E-state index in [1.807, 2.05) is 11.9 Å². The Hall–Kier alpha value is -2.48. The van der Waals surface area contributed by atoms with Gasteiger partial charge in [0.1, 0.15) is 11.5 Å². The van der Waals surface area contributed by atoms with Crippen LogP contribution in [0.4, 0.5) is 5.82 Å². The van der Waals surface area contributed by atoms with Gasteiger partial charge in [-0.25, -0.2) is 9.97 Å². The number of carbonyl (C=O) groups excluding carboxylic acids is 1. The molecule has 1 N–H and O–H groups in total. The summed E-state index contributed by atoms with van der Waals surface area (Å²) in [5.41, 5.74) is 0.278. The van der Waals surface area contributed by atoms with Crippen molar-refractivity contribution in [2.45, 2.75) is 0 Å². The Morgan fingerprint density at radius 1 is 1.29 bits per heavy atom. The SMILES string of the molecule is Cn1cncc1C(=O)N1C[C@@H]2CN(c3cnccn3)C[C@]2(CO)C1. The zero-order valence-electron chi connectivity index (χ0n) is 13.5. The van der Waals surface area contributed by atoms with E-state index in [0.29, 0.717) is 25.3 Å². The number of fused-ring (bicyclic) bond motifs is 1. The molecule has 8 heteroatoms. The van der Waals surface area contributed by atoms with Crippen molar-refractivity contribution < 1.29 is 9.90 Å². The molecule has 1 amide bonds. The maximum Gasteiger partial charge on any atom is 0.272 e. The van der Waals surface area contributed by atoms with E-state index in [1.165, 1.54) is 0 Å². The van der Waals surface area contributed by atoms with E-state index in [2.05, 4.69) is 19.9 Å². The van der Waals surface area contributed by atoms with Gasteiger partial charge in [-0.2, -0.15) is 0 Å². The summed E-state index contributed by atoms with van der Waals surface area (Å²) < 4.78 is 1.73. The first kappa shape index (κ1) is 15.1. The lowest BCUT2D eigenvalue weighted by Gasteiger charge is -2.27. The van der Waals surface area contributed by atoms with Crippen molar-refractivity contribution in [2.24, 2.45) is 18.4 Å². The number of hydrogen-bond acceptors (Lipinski definition) is 6. The molecule has 2 aliphatic rings. The lowest BCUT2D eigenvalue weighted by Crippen LogP contribution is -2.39. The molecule has 0 aromatic carbocycles. The molecule has 2 aromatic rings. The molecule has 0 radical (unpaired) electrons. The first-order valence-corrected chi connectivity index (χ1v) is 8.00. The van der Waals surface area contributed by atoms with Gasteiger partial charge < -0.3 is 19.5 Å². The summed E-state index contributed by atoms with van der Waals surface area (Å²) in [4.78, 5) is 29.2. The molecule has 0 saturated carbocycles. The lowest BCUT2D eigenvalue weighted by molar-refractivity contribution is 0.0739. The van der Waals surface area contributed by atoms with Crippen LogP contribution in [0.1, 0.15) is 10.5 Å². The van der Waals surface area contributed by atoms with E-state index in [1.54, 1.807) is 35.7 Å². The largest absolute Gasteiger partial charge is 0.396 e. The van der Waals surface area contributed by atoms with Crippen LogP contribution in [0.2, 0.25) is 0 Å². The summed E-state index contributed by atoms with van der Waals surface area (Å²) in [7, 11) is 1.81. The fraction of sp³-hybridized carbons (Fsp3) is 0.500. The first-order valence-electron chi connectivity index (χ1n) is 8.00. The summed E-state index contributed by atoms with van der Waals surface area (Å²) in [6.07, 6.45) is 8.28. The molecule has 8 nitrogen and oxygen atoms in total. The number of aliphatic hydroxyl groups is 1. The number of rotatable bonds is 3. The molecule has 2 saturated heterocycles. The third kappa shape index (κ3) is 2.25. The second kappa shape index (κ2) is 5.55. The summed E-state index contributed by atoms with van der Waals surface area (Å²) in [6.45, 7) is 2.70. The molecule has 24 heavy (non-hydrogen) atoms. The number of aryl methyl sites for hydroxylation is 1. The van der Waals surface area contributed by atoms with E-state index in [4.69, 9.17) is 0 Å². The van der Waals surface area contributed by atoms with Crippen molar-refractivity contribution in [3.8, 4) is 0 Å². The molecule has 0 aliphatic carbocycles. The number of likely N-dealkylation sites (tertiary alicyclic amines) is 1. The Morgan fingerprint density at radius 2 is 2.17 bits per heavy atom. The van der Waals surface area contributed by atoms with Gasteiger partial charge in [0.25, 0.3) is 5.91 Å². The minimum atomic E-state index is -0.300. The van der Waals surface area contributed by atoms with Gasteiger partial charge in [0.05, 0.1) is 25.3 Å². The van der Waals surface area contributed by atoms with E-state index < -0.39 is 0 Å². The average molecular weight is 328 g/mol. The Bertz CT molecular complexity index is 748. The highest BCUT2D eigenvalue weighted by Crippen LogP contribution is 2.43. The molecule has 4 heterocycles. The van der Waals surface area contributed by atoms with Crippen LogP contribution >= 0.6 is 0 Å². The van der Waals surface area contributed by atoms with Crippen LogP contribution in [0.5, 0.6) is 0 Å². The van der Waals surface area contributed by atoms with Crippen molar-refractivity contribution in [1.82, 2.24) is 24.4 Å². The predicted molar refractivity (Wildman–Crippen MR) is 86.4 cm³/mol. The molecule has 4 rings (SSSR count). The fourth-order valence-electron chi connectivity index (χ4n) is 3.91. The van der Waals surface area contributed by atoms with E-state index in [9.17, 15) is 9.90 Å². The molecular weight excluding hydrogens is 308 g/mol. The molecule has 126 valence electrons. The summed E-state index contributed by atoms with van der Waals surface area (Å²) >= 11 is 0. The van der Waals surface area contributed by atoms with Crippen LogP contribution in [-0.2, 0) is 7.05 Å². The molecule has 0 bridgehead atoms. The Morgan fingerprint density at radius 3 is 2.79 bits per heavy atom. The minimum Gasteiger partial charge on any atom is -0.396 e. The second-order valence-corrected chi connectivity index (χ2v) is 6.74. The van der Waals surface area contributed by atoms with Gasteiger partial charge in [-0.15, -0.1) is 0 Å². The number of aliphatic hydroxyl groups excluding tert-OH is 1. The molecule has 2 atom stereocenters. The van der Waals surface area contributed by atoms with Crippen molar-refractivity contribution in [3.05, 3.63) is 36.8 Å². The highest BCUT2D eigenvalue weighted by molar-refractivity contribution is 5.92. The maximum absolute atomic E-state index is 12.7. The molecule has 2 aromatic heterocycles. The average Bonchev–Trinajstić information content (AvgIpc) is 3.27. The number of nitrogens with zero attached hydrogens (tertiary/aromatic N) is 6. The van der Waals surface area contributed by atoms with Gasteiger partial charge in [0, 0.05) is 57.0 Å². The number of imidazole rings is 1. The van der Waals surface area contributed by atoms with Gasteiger partial charge in [0.2, 0.25) is 0 Å². The normalized spacial score (nSPS) is 26.0. The molecular formula is C16H20N6O2. The van der Waals surface area contributed by atoms with Gasteiger partial charge in [-0.3, -0.25) is 9.78 Å². The monoisotopic (exact) mass is 328 g/mol. The zero-order chi connectivity index (χ0) is 16.7. The quantitative estimate of drug-likeness (QED) is 0.838. The van der Waals surface area contributed by atoms with E-state index in [-0.39, 0.29) is 23.8 Å². The van der Waals surface area contributed by atoms with Gasteiger partial charge in [-0.1, -0.05) is 0 Å². The van der Waals surface area contributed by atoms with Crippen molar-refractivity contribution in [1.29, 1.82) is 0 Å². The Labute approximate surface area is 139 Å². The summed E-state index contributed by atoms with van der Waals surface area (Å²) in [5, 5.41) is 10.1. The predicted octanol–water partition coefficient (Wildman–Crippen LogP) is -0.219. The standard InChI is InChI=1S/C16H20N6O2/c1-20-11-18-4-13(20)15(24)22-7-12-6-21(8-16(12,9-22)10-23)14-5-17-2-3-19-14/h2-5,11-12,23H,6-10H2,1H3/t12-,16+/m0/s1. The van der Waals surface area contributed by atoms with Crippen LogP contribution in [0.3, 0.4) is 0 Å². The second-order valence-electron chi connectivity index (χ2n) is 6.74. The van der Waals surface area contributed by atoms with Crippen molar-refractivity contribution in [2.75, 3.05) is 37.7 Å². The molecule has 2 aliphatic heterocycles. The van der Waals surface area contributed by atoms with Gasteiger partial charge in [0.15, 0.2) is 0 Å². The summed E-state index contributed by atoms with van der Waals surface area (Å²) in [5.74, 6) is 1.02. The molecule has 2 fully saturated rings. The van der Waals surface area contributed by atoms with E-state index >= 15 is 0 Å². The van der Waals surface area contributed by atoms with Gasteiger partial charge in [-0.05, 0) is 0 Å². The zero-order valence-corrected chi connectivity index (χ0v) is 13.5. The highest BCUT2D eigenvalue weighted by Gasteiger charge is 2.53. The smallest absolute Gasteiger partial charge is 0.272 e. The number of hydrogen-bond donors (Lipinski definition) is 1. The number of carbonyl (C=O) groups is 1. The third-order valence-electron chi connectivity index (χ3n) is 5.27. The van der Waals surface area contributed by atoms with Crippen molar-refractivity contribution >= 4 is 11.7 Å². The van der Waals surface area contributed by atoms with E-state index in [0.717, 1.165) is 12.4 Å². The fourth-order valence-corrected chi connectivity index (χ4v) is 3.91. The van der Waals surface area contributed by atoms with Crippen LogP contribution in [0.15, 0.2) is 31.1 Å². The Balaban J connectivity index is 1.53. The van der Waals surface area contributed by atoms with Gasteiger partial charge >= 0.3 is 0 Å². The third-order valence-corrected chi connectivity index (χ3v) is 5.27. The van der Waals surface area contributed by atoms with Crippen LogP contribution in [0, 0.1) is 11.3 Å².